The SMILES string of the molecule is Cc1[c]cnnc1. The van der Waals surface area contributed by atoms with Gasteiger partial charge in [-0.15, -0.1) is 0 Å². The lowest BCUT2D eigenvalue weighted by Crippen LogP contribution is -1.77. The van der Waals surface area contributed by atoms with Crippen LogP contribution in [0.1, 0.15) is 5.56 Å². The Bertz CT molecular complexity index is 136. The highest BCUT2D eigenvalue weighted by molar-refractivity contribution is 4.98. The maximum atomic E-state index is 3.60. The molecule has 2 nitrogen and oxygen atoms in total. The molecule has 0 unspecified atom stereocenters. The van der Waals surface area contributed by atoms with Gasteiger partial charge in [-0.1, -0.05) is 0 Å². The van der Waals surface area contributed by atoms with Crippen molar-refractivity contribution in [3.05, 3.63) is 24.0 Å². The van der Waals surface area contributed by atoms with E-state index < -0.39 is 0 Å². The first-order valence-corrected chi connectivity index (χ1v) is 2.04. The smallest absolute Gasteiger partial charge is 0.0578 e. The van der Waals surface area contributed by atoms with Crippen molar-refractivity contribution in [1.29, 1.82) is 0 Å². The van der Waals surface area contributed by atoms with Gasteiger partial charge in [-0.25, -0.2) is 0 Å². The second kappa shape index (κ2) is 1.69. The molecule has 0 amide bonds. The maximum Gasteiger partial charge on any atom is 0.0578 e. The molecule has 1 aromatic heterocycles. The molecule has 0 aromatic carbocycles. The zero-order valence-electron chi connectivity index (χ0n) is 4.05. The third-order valence-corrected chi connectivity index (χ3v) is 0.668. The fraction of sp³-hybridized carbons (Fsp3) is 0.200. The molecule has 1 radical (unpaired) electrons. The predicted octanol–water partition coefficient (Wildman–Crippen LogP) is 0.585. The first kappa shape index (κ1) is 4.24. The average molecular weight is 93.1 g/mol. The van der Waals surface area contributed by atoms with Gasteiger partial charge in [0.2, 0.25) is 0 Å². The Labute approximate surface area is 42.2 Å². The van der Waals surface area contributed by atoms with Crippen LogP contribution < -0.4 is 0 Å². The summed E-state index contributed by atoms with van der Waals surface area (Å²) in [5.74, 6) is 0. The average Bonchev–Trinajstić information content (AvgIpc) is 1.69. The van der Waals surface area contributed by atoms with E-state index in [0.717, 1.165) is 5.56 Å². The largest absolute Gasteiger partial charge is 0.159 e. The first-order valence-electron chi connectivity index (χ1n) is 2.04. The van der Waals surface area contributed by atoms with Gasteiger partial charge in [-0.05, 0) is 12.5 Å². The lowest BCUT2D eigenvalue weighted by Gasteiger charge is -1.79. The van der Waals surface area contributed by atoms with E-state index in [2.05, 4.69) is 16.3 Å². The van der Waals surface area contributed by atoms with E-state index in [1.54, 1.807) is 12.4 Å². The predicted molar refractivity (Wildman–Crippen MR) is 25.6 cm³/mol. The maximum absolute atomic E-state index is 3.60. The highest BCUT2D eigenvalue weighted by atomic mass is 15.1. The van der Waals surface area contributed by atoms with E-state index in [1.165, 1.54) is 0 Å². The number of hydrogen-bond donors (Lipinski definition) is 0. The minimum absolute atomic E-state index is 1.02. The van der Waals surface area contributed by atoms with Crippen LogP contribution in [-0.4, -0.2) is 10.2 Å². The van der Waals surface area contributed by atoms with Crippen molar-refractivity contribution in [2.24, 2.45) is 0 Å². The summed E-state index contributed by atoms with van der Waals surface area (Å²) in [7, 11) is 0. The molecule has 35 valence electrons. The fourth-order valence-electron chi connectivity index (χ4n) is 0.321. The molecule has 0 saturated carbocycles. The Morgan fingerprint density at radius 2 is 2.43 bits per heavy atom. The van der Waals surface area contributed by atoms with Gasteiger partial charge in [0.05, 0.1) is 12.4 Å². The second-order valence-corrected chi connectivity index (χ2v) is 1.32. The molecular formula is C5H5N2. The van der Waals surface area contributed by atoms with Crippen molar-refractivity contribution in [1.82, 2.24) is 10.2 Å². The number of nitrogens with zero attached hydrogens (tertiary/aromatic N) is 2. The molecule has 0 fully saturated rings. The van der Waals surface area contributed by atoms with Crippen molar-refractivity contribution in [3.8, 4) is 0 Å². The summed E-state index contributed by atoms with van der Waals surface area (Å²) in [6, 6.07) is 2.86. The van der Waals surface area contributed by atoms with Crippen LogP contribution in [0, 0.1) is 13.0 Å². The molecule has 0 aliphatic carbocycles. The third-order valence-electron chi connectivity index (χ3n) is 0.668. The van der Waals surface area contributed by atoms with Gasteiger partial charge in [0.15, 0.2) is 0 Å². The van der Waals surface area contributed by atoms with Gasteiger partial charge in [-0.3, -0.25) is 0 Å². The van der Waals surface area contributed by atoms with Crippen molar-refractivity contribution in [2.75, 3.05) is 0 Å². The number of rotatable bonds is 0. The topological polar surface area (TPSA) is 25.8 Å². The van der Waals surface area contributed by atoms with E-state index >= 15 is 0 Å². The summed E-state index contributed by atoms with van der Waals surface area (Å²) in [5.41, 5.74) is 1.02. The van der Waals surface area contributed by atoms with Crippen molar-refractivity contribution < 1.29 is 0 Å². The lowest BCUT2D eigenvalue weighted by atomic mass is 10.4. The molecule has 0 aliphatic heterocycles. The van der Waals surface area contributed by atoms with E-state index in [0.29, 0.717) is 0 Å². The van der Waals surface area contributed by atoms with Crippen LogP contribution >= 0.6 is 0 Å². The molecule has 0 aliphatic rings. The lowest BCUT2D eigenvalue weighted by molar-refractivity contribution is 1.01. The molecule has 1 heterocycles. The van der Waals surface area contributed by atoms with E-state index in [4.69, 9.17) is 0 Å². The summed E-state index contributed by atoms with van der Waals surface area (Å²) < 4.78 is 0. The van der Waals surface area contributed by atoms with Gasteiger partial charge in [0, 0.05) is 6.07 Å². The number of hydrogen-bond acceptors (Lipinski definition) is 2. The van der Waals surface area contributed by atoms with Gasteiger partial charge in [0.25, 0.3) is 0 Å². The zero-order valence-corrected chi connectivity index (χ0v) is 4.05. The normalized spacial score (nSPS) is 8.71. The molecular weight excluding hydrogens is 88.1 g/mol. The summed E-state index contributed by atoms with van der Waals surface area (Å²) in [4.78, 5) is 0. The molecule has 0 bridgehead atoms. The minimum Gasteiger partial charge on any atom is -0.159 e. The molecule has 7 heavy (non-hydrogen) atoms. The van der Waals surface area contributed by atoms with Gasteiger partial charge >= 0.3 is 0 Å². The molecule has 0 atom stereocenters. The van der Waals surface area contributed by atoms with Gasteiger partial charge < -0.3 is 0 Å². The summed E-state index contributed by atoms with van der Waals surface area (Å²) in [6.07, 6.45) is 3.22. The van der Waals surface area contributed by atoms with Crippen LogP contribution in [0.4, 0.5) is 0 Å². The fourth-order valence-corrected chi connectivity index (χ4v) is 0.321. The minimum atomic E-state index is 1.02. The zero-order chi connectivity index (χ0) is 5.11. The highest BCUT2D eigenvalue weighted by Gasteiger charge is 1.75. The summed E-state index contributed by atoms with van der Waals surface area (Å²) in [6.45, 7) is 1.93. The molecule has 0 spiro atoms. The highest BCUT2D eigenvalue weighted by Crippen LogP contribution is 1.84. The van der Waals surface area contributed by atoms with E-state index in [-0.39, 0.29) is 0 Å². The third kappa shape index (κ3) is 0.961. The first-order chi connectivity index (χ1) is 3.39. The van der Waals surface area contributed by atoms with Crippen molar-refractivity contribution in [2.45, 2.75) is 6.92 Å². The Hall–Kier alpha value is -0.920. The van der Waals surface area contributed by atoms with Crippen LogP contribution in [-0.2, 0) is 0 Å². The Balaban J connectivity index is 3.02. The molecule has 2 heteroatoms. The van der Waals surface area contributed by atoms with Gasteiger partial charge in [0.1, 0.15) is 0 Å². The molecule has 1 aromatic rings. The van der Waals surface area contributed by atoms with Crippen LogP contribution in [0.2, 0.25) is 0 Å². The number of aryl methyl sites for hydroxylation is 1. The van der Waals surface area contributed by atoms with E-state index in [9.17, 15) is 0 Å². The standard InChI is InChI=1S/C5H5N2/c1-5-2-3-6-7-4-5/h3-4H,1H3. The Morgan fingerprint density at radius 3 is 2.71 bits per heavy atom. The summed E-state index contributed by atoms with van der Waals surface area (Å²) in [5, 5.41) is 7.14. The quantitative estimate of drug-likeness (QED) is 0.469. The number of aromatic nitrogens is 2. The summed E-state index contributed by atoms with van der Waals surface area (Å²) >= 11 is 0. The van der Waals surface area contributed by atoms with Gasteiger partial charge in [-0.2, -0.15) is 10.2 Å². The Kier molecular flexibility index (Phi) is 1.02. The Morgan fingerprint density at radius 1 is 1.57 bits per heavy atom. The van der Waals surface area contributed by atoms with Crippen LogP contribution in [0.3, 0.4) is 0 Å². The van der Waals surface area contributed by atoms with Crippen LogP contribution in [0.5, 0.6) is 0 Å². The van der Waals surface area contributed by atoms with E-state index in [1.807, 2.05) is 6.92 Å². The van der Waals surface area contributed by atoms with Crippen LogP contribution in [0.15, 0.2) is 12.4 Å². The molecule has 0 N–H and O–H groups in total. The molecule has 0 saturated heterocycles. The second-order valence-electron chi connectivity index (χ2n) is 1.32. The molecule has 1 rings (SSSR count). The van der Waals surface area contributed by atoms with Crippen molar-refractivity contribution in [3.63, 3.8) is 0 Å². The van der Waals surface area contributed by atoms with Crippen LogP contribution in [0.25, 0.3) is 0 Å². The monoisotopic (exact) mass is 93.0 g/mol. The van der Waals surface area contributed by atoms with Crippen molar-refractivity contribution >= 4 is 0 Å².